The van der Waals surface area contributed by atoms with Crippen molar-refractivity contribution in [2.24, 2.45) is 14.1 Å². The van der Waals surface area contributed by atoms with Crippen LogP contribution in [0.15, 0.2) is 84.0 Å². The van der Waals surface area contributed by atoms with E-state index in [0.717, 1.165) is 28.3 Å². The van der Waals surface area contributed by atoms with Gasteiger partial charge in [-0.15, -0.1) is 0 Å². The molecule has 8 nitrogen and oxygen atoms in total. The second-order valence-electron chi connectivity index (χ2n) is 9.97. The van der Waals surface area contributed by atoms with Crippen LogP contribution in [-0.2, 0) is 14.1 Å². The van der Waals surface area contributed by atoms with Crippen LogP contribution in [0.3, 0.4) is 0 Å². The number of amides is 1. The van der Waals surface area contributed by atoms with Gasteiger partial charge >= 0.3 is 0 Å². The van der Waals surface area contributed by atoms with Crippen LogP contribution >= 0.6 is 0 Å². The van der Waals surface area contributed by atoms with Crippen LogP contribution in [0.5, 0.6) is 11.6 Å². The Bertz CT molecular complexity index is 2050. The Morgan fingerprint density at radius 1 is 0.976 bits per heavy atom. The number of carbonyl (C=O) groups excluding carboxylic acids is 1. The normalized spacial score (nSPS) is 11.2. The Balaban J connectivity index is 1.32. The highest BCUT2D eigenvalue weighted by molar-refractivity contribution is 6.07. The number of halogens is 1. The number of nitrogens with zero attached hydrogens (tertiary/aromatic N) is 4. The molecule has 0 aliphatic rings. The highest BCUT2D eigenvalue weighted by atomic mass is 19.1. The highest BCUT2D eigenvalue weighted by Crippen LogP contribution is 2.37. The molecular formula is C32H26FN5O3. The number of carbonyl (C=O) groups is 1. The van der Waals surface area contributed by atoms with E-state index in [4.69, 9.17) is 4.74 Å². The van der Waals surface area contributed by atoms with Crippen molar-refractivity contribution in [3.63, 3.8) is 0 Å². The number of benzene rings is 3. The predicted molar refractivity (Wildman–Crippen MR) is 157 cm³/mol. The number of aryl methyl sites for hydroxylation is 3. The van der Waals surface area contributed by atoms with Crippen LogP contribution in [0.4, 0.5) is 10.1 Å². The minimum atomic E-state index is -0.703. The summed E-state index contributed by atoms with van der Waals surface area (Å²) in [6.45, 7) is 3.60. The number of aromatic nitrogens is 4. The van der Waals surface area contributed by atoms with E-state index >= 15 is 4.39 Å². The smallest absolute Gasteiger partial charge is 0.261 e. The SMILES string of the molecule is Cc1ccc2c(c1)c(=O)c(C(=O)Nc1ccc(Oc3ncnc4c3c(-c3ccccc3)cn4C)c(F)c1)c(C)n2C. The molecule has 9 heteroatoms. The first-order valence-electron chi connectivity index (χ1n) is 13.0. The van der Waals surface area contributed by atoms with Gasteiger partial charge in [-0.05, 0) is 43.7 Å². The number of rotatable bonds is 5. The van der Waals surface area contributed by atoms with Gasteiger partial charge in [0.25, 0.3) is 5.91 Å². The molecule has 3 aromatic carbocycles. The molecule has 3 aromatic heterocycles. The fourth-order valence-electron chi connectivity index (χ4n) is 5.10. The van der Waals surface area contributed by atoms with E-state index in [1.54, 1.807) is 24.6 Å². The van der Waals surface area contributed by atoms with Crippen LogP contribution in [-0.4, -0.2) is 25.0 Å². The van der Waals surface area contributed by atoms with E-state index in [1.165, 1.54) is 18.5 Å². The van der Waals surface area contributed by atoms with Gasteiger partial charge in [-0.25, -0.2) is 14.4 Å². The molecule has 1 amide bonds. The second kappa shape index (κ2) is 10.0. The zero-order valence-electron chi connectivity index (χ0n) is 22.9. The summed E-state index contributed by atoms with van der Waals surface area (Å²) >= 11 is 0. The molecule has 0 fully saturated rings. The lowest BCUT2D eigenvalue weighted by Crippen LogP contribution is -2.26. The van der Waals surface area contributed by atoms with Gasteiger partial charge in [0, 0.05) is 48.7 Å². The van der Waals surface area contributed by atoms with Crippen molar-refractivity contribution in [1.29, 1.82) is 0 Å². The number of nitrogens with one attached hydrogen (secondary N) is 1. The predicted octanol–water partition coefficient (Wildman–Crippen LogP) is 6.29. The van der Waals surface area contributed by atoms with Gasteiger partial charge < -0.3 is 19.2 Å². The summed E-state index contributed by atoms with van der Waals surface area (Å²) in [7, 11) is 3.67. The van der Waals surface area contributed by atoms with E-state index in [2.05, 4.69) is 15.3 Å². The van der Waals surface area contributed by atoms with Crippen molar-refractivity contribution in [2.75, 3.05) is 5.32 Å². The van der Waals surface area contributed by atoms with Crippen LogP contribution in [0.25, 0.3) is 33.1 Å². The fourth-order valence-corrected chi connectivity index (χ4v) is 5.10. The minimum absolute atomic E-state index is 0.00670. The quantitative estimate of drug-likeness (QED) is 0.274. The Hall–Kier alpha value is -5.31. The van der Waals surface area contributed by atoms with E-state index < -0.39 is 11.7 Å². The molecule has 0 aliphatic carbocycles. The molecule has 6 aromatic rings. The van der Waals surface area contributed by atoms with Crippen molar-refractivity contribution in [2.45, 2.75) is 13.8 Å². The highest BCUT2D eigenvalue weighted by Gasteiger charge is 2.21. The maximum atomic E-state index is 15.3. The molecule has 0 atom stereocenters. The lowest BCUT2D eigenvalue weighted by Gasteiger charge is -2.15. The van der Waals surface area contributed by atoms with Crippen molar-refractivity contribution >= 4 is 33.5 Å². The summed E-state index contributed by atoms with van der Waals surface area (Å²) in [5.41, 5.74) is 4.41. The number of hydrogen-bond donors (Lipinski definition) is 1. The maximum Gasteiger partial charge on any atom is 0.261 e. The monoisotopic (exact) mass is 547 g/mol. The van der Waals surface area contributed by atoms with Gasteiger partial charge in [0.15, 0.2) is 11.6 Å². The van der Waals surface area contributed by atoms with E-state index in [1.807, 2.05) is 67.2 Å². The molecule has 0 spiro atoms. The Kier molecular flexibility index (Phi) is 6.34. The lowest BCUT2D eigenvalue weighted by molar-refractivity contribution is 0.102. The summed E-state index contributed by atoms with van der Waals surface area (Å²) in [5, 5.41) is 3.76. The number of anilines is 1. The molecular weight excluding hydrogens is 521 g/mol. The molecule has 0 saturated carbocycles. The number of ether oxygens (including phenoxy) is 1. The van der Waals surface area contributed by atoms with Gasteiger partial charge in [0.2, 0.25) is 11.3 Å². The molecule has 1 N–H and O–H groups in total. The van der Waals surface area contributed by atoms with E-state index in [0.29, 0.717) is 22.1 Å². The van der Waals surface area contributed by atoms with Crippen molar-refractivity contribution in [3.8, 4) is 22.8 Å². The molecule has 6 rings (SSSR count). The number of hydrogen-bond acceptors (Lipinski definition) is 5. The molecule has 0 bridgehead atoms. The average molecular weight is 548 g/mol. The van der Waals surface area contributed by atoms with Gasteiger partial charge in [-0.1, -0.05) is 42.0 Å². The van der Waals surface area contributed by atoms with Crippen LogP contribution in [0.2, 0.25) is 0 Å². The summed E-state index contributed by atoms with van der Waals surface area (Å²) in [4.78, 5) is 35.2. The Morgan fingerprint density at radius 3 is 2.51 bits per heavy atom. The molecule has 0 radical (unpaired) electrons. The van der Waals surface area contributed by atoms with Gasteiger partial charge in [0.05, 0.1) is 10.9 Å². The van der Waals surface area contributed by atoms with E-state index in [9.17, 15) is 9.59 Å². The zero-order chi connectivity index (χ0) is 28.8. The van der Waals surface area contributed by atoms with Crippen molar-refractivity contribution in [3.05, 3.63) is 112 Å². The topological polar surface area (TPSA) is 91.0 Å². The largest absolute Gasteiger partial charge is 0.435 e. The third-order valence-electron chi connectivity index (χ3n) is 7.28. The lowest BCUT2D eigenvalue weighted by atomic mass is 10.1. The summed E-state index contributed by atoms with van der Waals surface area (Å²) in [5.74, 6) is -1.19. The summed E-state index contributed by atoms with van der Waals surface area (Å²) in [6.07, 6.45) is 3.30. The number of pyridine rings is 1. The van der Waals surface area contributed by atoms with Crippen molar-refractivity contribution < 1.29 is 13.9 Å². The standard InChI is InChI=1S/C32H26FN5O3/c1-18-10-12-25-22(14-18)29(39)27(19(2)38(25)4)31(40)36-21-11-13-26(24(33)15-21)41-32-28-23(20-8-6-5-7-9-20)16-37(3)30(28)34-17-35-32/h5-17H,1-4H3,(H,36,40). The molecule has 41 heavy (non-hydrogen) atoms. The van der Waals surface area contributed by atoms with Crippen LogP contribution < -0.4 is 15.5 Å². The van der Waals surface area contributed by atoms with Gasteiger partial charge in [-0.2, -0.15) is 0 Å². The first kappa shape index (κ1) is 25.9. The van der Waals surface area contributed by atoms with E-state index in [-0.39, 0.29) is 28.3 Å². The fraction of sp³-hybridized carbons (Fsp3) is 0.125. The summed E-state index contributed by atoms with van der Waals surface area (Å²) in [6, 6.07) is 19.4. The Morgan fingerprint density at radius 2 is 1.76 bits per heavy atom. The minimum Gasteiger partial charge on any atom is -0.435 e. The third kappa shape index (κ3) is 4.51. The van der Waals surface area contributed by atoms with Crippen LogP contribution in [0.1, 0.15) is 21.6 Å². The molecule has 0 saturated heterocycles. The van der Waals surface area contributed by atoms with Gasteiger partial charge in [-0.3, -0.25) is 9.59 Å². The third-order valence-corrected chi connectivity index (χ3v) is 7.28. The second-order valence-corrected chi connectivity index (χ2v) is 9.97. The number of fused-ring (bicyclic) bond motifs is 2. The molecule has 3 heterocycles. The maximum absolute atomic E-state index is 15.3. The van der Waals surface area contributed by atoms with Crippen LogP contribution in [0, 0.1) is 19.7 Å². The zero-order valence-corrected chi connectivity index (χ0v) is 22.9. The Labute approximate surface area is 234 Å². The molecule has 0 aliphatic heterocycles. The first-order chi connectivity index (χ1) is 19.7. The molecule has 0 unspecified atom stereocenters. The van der Waals surface area contributed by atoms with Gasteiger partial charge in [0.1, 0.15) is 17.5 Å². The van der Waals surface area contributed by atoms with Crippen molar-refractivity contribution in [1.82, 2.24) is 19.1 Å². The average Bonchev–Trinajstić information content (AvgIpc) is 3.31. The summed E-state index contributed by atoms with van der Waals surface area (Å²) < 4.78 is 24.9. The molecule has 204 valence electrons. The first-order valence-corrected chi connectivity index (χ1v) is 13.0.